The van der Waals surface area contributed by atoms with Crippen molar-refractivity contribution in [1.29, 1.82) is 0 Å². The molecule has 0 atom stereocenters. The molecule has 1 saturated carbocycles. The van der Waals surface area contributed by atoms with E-state index in [1.54, 1.807) is 6.20 Å². The summed E-state index contributed by atoms with van der Waals surface area (Å²) in [5.41, 5.74) is 0.746. The van der Waals surface area contributed by atoms with Crippen LogP contribution in [0.3, 0.4) is 0 Å². The van der Waals surface area contributed by atoms with Crippen molar-refractivity contribution in [3.63, 3.8) is 0 Å². The third kappa shape index (κ3) is 3.92. The Balaban J connectivity index is 1.47. The second kappa shape index (κ2) is 7.69. The van der Waals surface area contributed by atoms with Crippen LogP contribution in [-0.2, 0) is 0 Å². The molecule has 3 heterocycles. The van der Waals surface area contributed by atoms with Crippen molar-refractivity contribution in [3.05, 3.63) is 41.6 Å². The van der Waals surface area contributed by atoms with Gasteiger partial charge in [0.15, 0.2) is 5.82 Å². The Morgan fingerprint density at radius 3 is 2.84 bits per heavy atom. The number of pyridine rings is 1. The number of hydrogen-bond acceptors (Lipinski definition) is 7. The molecule has 7 nitrogen and oxygen atoms in total. The van der Waals surface area contributed by atoms with E-state index in [4.69, 9.17) is 11.6 Å². The average molecular weight is 451 g/mol. The normalized spacial score (nSPS) is 17.4. The minimum atomic E-state index is -3.10. The summed E-state index contributed by atoms with van der Waals surface area (Å²) < 4.78 is 43.8. The molecule has 0 bridgehead atoms. The van der Waals surface area contributed by atoms with Gasteiger partial charge in [0.05, 0.1) is 17.4 Å². The summed E-state index contributed by atoms with van der Waals surface area (Å²) in [5, 5.41) is 6.56. The molecule has 2 aromatic heterocycles. The number of piperazine rings is 1. The zero-order valence-corrected chi connectivity index (χ0v) is 17.0. The first-order valence-corrected chi connectivity index (χ1v) is 10.1. The van der Waals surface area contributed by atoms with E-state index in [0.29, 0.717) is 16.7 Å². The molecule has 31 heavy (non-hydrogen) atoms. The van der Waals surface area contributed by atoms with E-state index in [1.807, 2.05) is 6.07 Å². The van der Waals surface area contributed by atoms with Crippen LogP contribution in [0.1, 0.15) is 12.8 Å². The molecule has 0 amide bonds. The van der Waals surface area contributed by atoms with Crippen LogP contribution in [0.2, 0.25) is 5.02 Å². The molecule has 3 aromatic rings. The van der Waals surface area contributed by atoms with E-state index in [2.05, 4.69) is 35.2 Å². The highest BCUT2D eigenvalue weighted by atomic mass is 35.5. The van der Waals surface area contributed by atoms with Gasteiger partial charge < -0.3 is 20.3 Å². The van der Waals surface area contributed by atoms with E-state index in [0.717, 1.165) is 38.3 Å². The van der Waals surface area contributed by atoms with Crippen LogP contribution in [0, 0.1) is 5.82 Å². The highest BCUT2D eigenvalue weighted by Gasteiger charge is 2.45. The molecule has 1 aliphatic carbocycles. The number of alkyl halides is 2. The third-order valence-electron chi connectivity index (χ3n) is 5.58. The zero-order chi connectivity index (χ0) is 21.6. The van der Waals surface area contributed by atoms with Crippen LogP contribution in [-0.4, -0.2) is 46.7 Å². The molecule has 0 radical (unpaired) electrons. The van der Waals surface area contributed by atoms with Gasteiger partial charge in [-0.3, -0.25) is 0 Å². The van der Waals surface area contributed by atoms with Gasteiger partial charge in [0.2, 0.25) is 0 Å². The number of halogens is 4. The number of hydrogen-bond donors (Lipinski definition) is 2. The molecule has 162 valence electrons. The fourth-order valence-corrected chi connectivity index (χ4v) is 4.01. The van der Waals surface area contributed by atoms with E-state index in [1.165, 1.54) is 18.5 Å². The molecular weight excluding hydrogens is 433 g/mol. The topological polar surface area (TPSA) is 75.2 Å². The van der Waals surface area contributed by atoms with Crippen molar-refractivity contribution in [2.24, 2.45) is 0 Å². The Kier molecular flexibility index (Phi) is 4.98. The monoisotopic (exact) mass is 450 g/mol. The fourth-order valence-electron chi connectivity index (χ4n) is 3.80. The number of nitrogens with zero attached hydrogens (tertiary/aromatic N) is 4. The molecule has 0 unspecified atom stereocenters. The van der Waals surface area contributed by atoms with Crippen LogP contribution >= 0.6 is 11.6 Å². The maximum absolute atomic E-state index is 14.7. The van der Waals surface area contributed by atoms with Gasteiger partial charge in [-0.15, -0.1) is 0 Å². The standard InChI is InChI=1S/C20H18ClF3N6O/c21-16-14(31-19(23)24)2-1-12(17(16)22)29-18-11-7-15(25-8-13(11)26-10-27-18)30-6-5-28-20(9-30)3-4-20/h1-2,7-8,10,19,28H,3-6,9H2,(H,26,27,29). The summed E-state index contributed by atoms with van der Waals surface area (Å²) in [5.74, 6) is -0.218. The molecule has 2 N–H and O–H groups in total. The molecule has 2 aliphatic rings. The first kappa shape index (κ1) is 20.1. The number of rotatable bonds is 5. The Hall–Kier alpha value is -2.85. The maximum atomic E-state index is 14.7. The lowest BCUT2D eigenvalue weighted by atomic mass is 10.1. The second-order valence-electron chi connectivity index (χ2n) is 7.65. The van der Waals surface area contributed by atoms with Crippen molar-refractivity contribution >= 4 is 39.8 Å². The predicted octanol–water partition coefficient (Wildman–Crippen LogP) is 4.10. The van der Waals surface area contributed by atoms with Gasteiger partial charge in [-0.25, -0.2) is 19.3 Å². The van der Waals surface area contributed by atoms with Crippen molar-refractivity contribution in [3.8, 4) is 5.75 Å². The number of anilines is 3. The Morgan fingerprint density at radius 2 is 2.06 bits per heavy atom. The van der Waals surface area contributed by atoms with Crippen LogP contribution < -0.4 is 20.3 Å². The number of fused-ring (bicyclic) bond motifs is 1. The Morgan fingerprint density at radius 1 is 1.23 bits per heavy atom. The highest BCUT2D eigenvalue weighted by Crippen LogP contribution is 2.39. The Bertz CT molecular complexity index is 1140. The maximum Gasteiger partial charge on any atom is 0.387 e. The smallest absolute Gasteiger partial charge is 0.387 e. The van der Waals surface area contributed by atoms with E-state index >= 15 is 0 Å². The lowest BCUT2D eigenvalue weighted by Gasteiger charge is -2.34. The average Bonchev–Trinajstić information content (AvgIpc) is 3.51. The molecule has 1 spiro atoms. The largest absolute Gasteiger partial charge is 0.433 e. The molecule has 1 saturated heterocycles. The number of nitrogens with one attached hydrogen (secondary N) is 2. The molecule has 2 fully saturated rings. The van der Waals surface area contributed by atoms with Gasteiger partial charge in [0.1, 0.15) is 28.7 Å². The van der Waals surface area contributed by atoms with Crippen LogP contribution in [0.15, 0.2) is 30.7 Å². The highest BCUT2D eigenvalue weighted by molar-refractivity contribution is 6.32. The van der Waals surface area contributed by atoms with Crippen LogP contribution in [0.5, 0.6) is 5.75 Å². The quantitative estimate of drug-likeness (QED) is 0.606. The van der Waals surface area contributed by atoms with Gasteiger partial charge in [0, 0.05) is 30.6 Å². The first-order chi connectivity index (χ1) is 14.9. The lowest BCUT2D eigenvalue weighted by Crippen LogP contribution is -2.52. The number of ether oxygens (including phenoxy) is 1. The minimum absolute atomic E-state index is 0.0240. The van der Waals surface area contributed by atoms with Crippen LogP contribution in [0.4, 0.5) is 30.5 Å². The van der Waals surface area contributed by atoms with Crippen molar-refractivity contribution < 1.29 is 17.9 Å². The molecule has 1 aromatic carbocycles. The zero-order valence-electron chi connectivity index (χ0n) is 16.2. The lowest BCUT2D eigenvalue weighted by molar-refractivity contribution is -0.0499. The summed E-state index contributed by atoms with van der Waals surface area (Å²) in [7, 11) is 0. The summed E-state index contributed by atoms with van der Waals surface area (Å²) in [6.45, 7) is -0.524. The van der Waals surface area contributed by atoms with Crippen molar-refractivity contribution in [2.75, 3.05) is 29.9 Å². The summed E-state index contributed by atoms with van der Waals surface area (Å²) in [6, 6.07) is 4.31. The number of aromatic nitrogens is 3. The van der Waals surface area contributed by atoms with Gasteiger partial charge in [-0.05, 0) is 31.0 Å². The first-order valence-electron chi connectivity index (χ1n) is 9.75. The summed E-state index contributed by atoms with van der Waals surface area (Å²) in [6.07, 6.45) is 5.29. The summed E-state index contributed by atoms with van der Waals surface area (Å²) >= 11 is 5.86. The predicted molar refractivity (Wildman–Crippen MR) is 111 cm³/mol. The van der Waals surface area contributed by atoms with Crippen LogP contribution in [0.25, 0.3) is 10.9 Å². The SMILES string of the molecule is Fc1c(Nc2ncnc3cnc(N4CCNC5(CC5)C4)cc23)ccc(OC(F)F)c1Cl. The van der Waals surface area contributed by atoms with Crippen molar-refractivity contribution in [1.82, 2.24) is 20.3 Å². The molecule has 1 aliphatic heterocycles. The second-order valence-corrected chi connectivity index (χ2v) is 8.03. The van der Waals surface area contributed by atoms with Crippen molar-refractivity contribution in [2.45, 2.75) is 25.0 Å². The fraction of sp³-hybridized carbons (Fsp3) is 0.350. The van der Waals surface area contributed by atoms with Gasteiger partial charge in [0.25, 0.3) is 0 Å². The van der Waals surface area contributed by atoms with E-state index in [-0.39, 0.29) is 11.2 Å². The summed E-state index contributed by atoms with van der Waals surface area (Å²) in [4.78, 5) is 15.2. The van der Waals surface area contributed by atoms with E-state index < -0.39 is 23.2 Å². The van der Waals surface area contributed by atoms with Gasteiger partial charge in [-0.2, -0.15) is 8.78 Å². The third-order valence-corrected chi connectivity index (χ3v) is 5.93. The number of benzene rings is 1. The van der Waals surface area contributed by atoms with E-state index in [9.17, 15) is 13.2 Å². The Labute approximate surface area is 180 Å². The van der Waals surface area contributed by atoms with Gasteiger partial charge >= 0.3 is 6.61 Å². The molecular formula is C20H18ClF3N6O. The molecule has 11 heteroatoms. The van der Waals surface area contributed by atoms with Gasteiger partial charge in [-0.1, -0.05) is 11.6 Å². The molecule has 5 rings (SSSR count). The minimum Gasteiger partial charge on any atom is -0.433 e.